The molecule has 13 heteroatoms. The van der Waals surface area contributed by atoms with Crippen LogP contribution in [0.3, 0.4) is 0 Å². The number of amides is 2. The van der Waals surface area contributed by atoms with Crippen molar-refractivity contribution in [2.45, 2.75) is 19.0 Å². The Bertz CT molecular complexity index is 1140. The summed E-state index contributed by atoms with van der Waals surface area (Å²) in [5.74, 6) is -0.720. The first kappa shape index (κ1) is 22.7. The van der Waals surface area contributed by atoms with E-state index in [4.69, 9.17) is 4.74 Å². The van der Waals surface area contributed by atoms with E-state index in [9.17, 15) is 22.8 Å². The van der Waals surface area contributed by atoms with Crippen molar-refractivity contribution in [2.75, 3.05) is 25.5 Å². The van der Waals surface area contributed by atoms with E-state index in [0.717, 1.165) is 12.1 Å². The highest BCUT2D eigenvalue weighted by molar-refractivity contribution is 7.13. The highest BCUT2D eigenvalue weighted by Crippen LogP contribution is 2.31. The lowest BCUT2D eigenvalue weighted by Crippen LogP contribution is -2.41. The van der Waals surface area contributed by atoms with Gasteiger partial charge in [-0.2, -0.15) is 18.3 Å². The number of carbonyl (C=O) groups is 2. The molecule has 9 nitrogen and oxygen atoms in total. The molecule has 1 fully saturated rings. The number of ether oxygens (including phenoxy) is 1. The van der Waals surface area contributed by atoms with Gasteiger partial charge in [0.2, 0.25) is 11.0 Å². The van der Waals surface area contributed by atoms with Crippen LogP contribution in [0.5, 0.6) is 5.75 Å². The number of nitrogens with one attached hydrogen (secondary N) is 1. The van der Waals surface area contributed by atoms with Gasteiger partial charge in [-0.15, -0.1) is 10.2 Å². The van der Waals surface area contributed by atoms with E-state index in [2.05, 4.69) is 20.6 Å². The molecule has 0 spiro atoms. The van der Waals surface area contributed by atoms with Crippen molar-refractivity contribution in [3.8, 4) is 11.4 Å². The lowest BCUT2D eigenvalue weighted by molar-refractivity contribution is -0.137. The Kier molecular flexibility index (Phi) is 6.31. The van der Waals surface area contributed by atoms with E-state index in [0.29, 0.717) is 31.1 Å². The Balaban J connectivity index is 1.46. The zero-order valence-corrected chi connectivity index (χ0v) is 18.2. The second-order valence-electron chi connectivity index (χ2n) is 7.34. The van der Waals surface area contributed by atoms with Gasteiger partial charge in [-0.25, -0.2) is 4.68 Å². The van der Waals surface area contributed by atoms with Crippen LogP contribution in [0.15, 0.2) is 36.0 Å². The number of anilines is 1. The van der Waals surface area contributed by atoms with Crippen molar-refractivity contribution in [3.63, 3.8) is 0 Å². The van der Waals surface area contributed by atoms with Crippen molar-refractivity contribution in [1.29, 1.82) is 0 Å². The van der Waals surface area contributed by atoms with Crippen molar-refractivity contribution in [3.05, 3.63) is 47.2 Å². The third-order valence-corrected chi connectivity index (χ3v) is 5.89. The Morgan fingerprint density at radius 1 is 1.24 bits per heavy atom. The lowest BCUT2D eigenvalue weighted by Gasteiger charge is -2.30. The third kappa shape index (κ3) is 4.97. The van der Waals surface area contributed by atoms with Crippen LogP contribution in [0.1, 0.15) is 28.9 Å². The smallest absolute Gasteiger partial charge is 0.416 e. The number of aromatic nitrogens is 4. The van der Waals surface area contributed by atoms with Gasteiger partial charge in [0, 0.05) is 19.0 Å². The molecule has 2 aromatic heterocycles. The van der Waals surface area contributed by atoms with Crippen LogP contribution in [0, 0.1) is 5.92 Å². The topological polar surface area (TPSA) is 102 Å². The van der Waals surface area contributed by atoms with Crippen LogP contribution < -0.4 is 10.1 Å². The van der Waals surface area contributed by atoms with E-state index < -0.39 is 17.6 Å². The van der Waals surface area contributed by atoms with Gasteiger partial charge in [0.15, 0.2) is 11.4 Å². The number of rotatable bonds is 5. The molecule has 1 aromatic carbocycles. The molecule has 174 valence electrons. The molecule has 0 radical (unpaired) electrons. The number of piperidine rings is 1. The number of methoxy groups -OCH3 is 1. The number of halogens is 3. The average molecular weight is 480 g/mol. The molecule has 33 heavy (non-hydrogen) atoms. The maximum absolute atomic E-state index is 13.1. The number of nitrogens with zero attached hydrogens (tertiary/aromatic N) is 5. The fourth-order valence-corrected chi connectivity index (χ4v) is 3.99. The largest absolute Gasteiger partial charge is 0.493 e. The molecule has 0 bridgehead atoms. The Morgan fingerprint density at radius 2 is 2.00 bits per heavy atom. The minimum absolute atomic E-state index is 0.00771. The molecule has 0 saturated carbocycles. The van der Waals surface area contributed by atoms with E-state index >= 15 is 0 Å². The van der Waals surface area contributed by atoms with Crippen LogP contribution in [0.25, 0.3) is 5.69 Å². The number of hydrogen-bond acceptors (Lipinski definition) is 7. The number of alkyl halides is 3. The summed E-state index contributed by atoms with van der Waals surface area (Å²) in [5.41, 5.74) is 0.833. The molecule has 4 rings (SSSR count). The number of likely N-dealkylation sites (tertiary alicyclic amines) is 1. The summed E-state index contributed by atoms with van der Waals surface area (Å²) in [6.07, 6.45) is -2.23. The first-order valence-electron chi connectivity index (χ1n) is 9.94. The number of hydrogen-bond donors (Lipinski definition) is 1. The molecule has 1 saturated heterocycles. The van der Waals surface area contributed by atoms with Crippen molar-refractivity contribution in [1.82, 2.24) is 24.9 Å². The maximum atomic E-state index is 13.1. The zero-order chi connectivity index (χ0) is 23.6. The average Bonchev–Trinajstić information content (AvgIpc) is 3.48. The van der Waals surface area contributed by atoms with Gasteiger partial charge >= 0.3 is 6.18 Å². The molecular weight excluding hydrogens is 461 g/mol. The zero-order valence-electron chi connectivity index (χ0n) is 17.4. The van der Waals surface area contributed by atoms with Crippen molar-refractivity contribution >= 4 is 28.3 Å². The minimum atomic E-state index is -4.50. The number of carbonyl (C=O) groups excluding carboxylic acids is 2. The van der Waals surface area contributed by atoms with Crippen molar-refractivity contribution < 1.29 is 27.5 Å². The first-order valence-corrected chi connectivity index (χ1v) is 10.8. The SMILES string of the molecule is COc1cn(-c2cccc(C(F)(F)F)c2)nc1C(=O)N1CCC(C(=O)Nc2nncs2)CC1. The Labute approximate surface area is 190 Å². The van der Waals surface area contributed by atoms with Gasteiger partial charge < -0.3 is 15.0 Å². The second-order valence-corrected chi connectivity index (χ2v) is 8.17. The maximum Gasteiger partial charge on any atom is 0.416 e. The highest BCUT2D eigenvalue weighted by Gasteiger charge is 2.32. The predicted molar refractivity (Wildman–Crippen MR) is 112 cm³/mol. The summed E-state index contributed by atoms with van der Waals surface area (Å²) in [4.78, 5) is 27.0. The van der Waals surface area contributed by atoms with E-state index in [1.165, 1.54) is 47.0 Å². The molecule has 0 atom stereocenters. The van der Waals surface area contributed by atoms with Gasteiger partial charge in [0.1, 0.15) is 5.51 Å². The third-order valence-electron chi connectivity index (χ3n) is 5.28. The minimum Gasteiger partial charge on any atom is -0.493 e. The molecule has 3 aromatic rings. The fourth-order valence-electron chi connectivity index (χ4n) is 3.54. The van der Waals surface area contributed by atoms with Crippen LogP contribution >= 0.6 is 11.3 Å². The Hall–Kier alpha value is -3.48. The van der Waals surface area contributed by atoms with Crippen LogP contribution in [-0.2, 0) is 11.0 Å². The van der Waals surface area contributed by atoms with Gasteiger partial charge in [-0.05, 0) is 31.0 Å². The summed E-state index contributed by atoms with van der Waals surface area (Å²) < 4.78 is 45.6. The van der Waals surface area contributed by atoms with E-state index in [-0.39, 0.29) is 29.0 Å². The summed E-state index contributed by atoms with van der Waals surface area (Å²) in [6, 6.07) is 4.63. The molecule has 0 unspecified atom stereocenters. The summed E-state index contributed by atoms with van der Waals surface area (Å²) >= 11 is 1.22. The fraction of sp³-hybridized carbons (Fsp3) is 0.350. The predicted octanol–water partition coefficient (Wildman–Crippen LogP) is 3.24. The monoisotopic (exact) mass is 480 g/mol. The Morgan fingerprint density at radius 3 is 2.64 bits per heavy atom. The molecular formula is C20H19F3N6O3S. The first-order chi connectivity index (χ1) is 15.8. The van der Waals surface area contributed by atoms with Gasteiger partial charge in [-0.3, -0.25) is 9.59 Å². The molecule has 3 heterocycles. The summed E-state index contributed by atoms with van der Waals surface area (Å²) in [5, 5.41) is 14.8. The molecule has 1 aliphatic rings. The van der Waals surface area contributed by atoms with Crippen LogP contribution in [0.4, 0.5) is 18.3 Å². The van der Waals surface area contributed by atoms with E-state index in [1.807, 2.05) is 0 Å². The normalized spacial score (nSPS) is 14.8. The molecule has 2 amide bonds. The van der Waals surface area contributed by atoms with E-state index in [1.54, 1.807) is 4.90 Å². The molecule has 1 aliphatic heterocycles. The summed E-state index contributed by atoms with van der Waals surface area (Å²) in [6.45, 7) is 0.652. The standard InChI is InChI=1S/C20H19F3N6O3S/c1-32-15-10-29(14-4-2-3-13(9-14)20(21,22)23)27-16(15)18(31)28-7-5-12(6-8-28)17(30)25-19-26-24-11-33-19/h2-4,9-12H,5-8H2,1H3,(H,25,26,30). The molecule has 0 aliphatic carbocycles. The lowest BCUT2D eigenvalue weighted by atomic mass is 9.96. The molecule has 1 N–H and O–H groups in total. The van der Waals surface area contributed by atoms with Crippen LogP contribution in [-0.4, -0.2) is 56.9 Å². The van der Waals surface area contributed by atoms with Crippen LogP contribution in [0.2, 0.25) is 0 Å². The quantitative estimate of drug-likeness (QED) is 0.602. The van der Waals surface area contributed by atoms with Gasteiger partial charge in [0.05, 0.1) is 24.6 Å². The summed E-state index contributed by atoms with van der Waals surface area (Å²) in [7, 11) is 1.36. The van der Waals surface area contributed by atoms with Gasteiger partial charge in [0.25, 0.3) is 5.91 Å². The highest BCUT2D eigenvalue weighted by atomic mass is 32.1. The number of benzene rings is 1. The second kappa shape index (κ2) is 9.17. The van der Waals surface area contributed by atoms with Crippen molar-refractivity contribution in [2.24, 2.45) is 5.92 Å². The van der Waals surface area contributed by atoms with Gasteiger partial charge in [-0.1, -0.05) is 17.4 Å².